The molecule has 1 amide bonds. The zero-order valence-electron chi connectivity index (χ0n) is 15.3. The van der Waals surface area contributed by atoms with E-state index in [4.69, 9.17) is 9.15 Å². The minimum Gasteiger partial charge on any atom is -0.460 e. The zero-order valence-corrected chi connectivity index (χ0v) is 16.1. The van der Waals surface area contributed by atoms with Crippen LogP contribution in [0.15, 0.2) is 52.0 Å². The van der Waals surface area contributed by atoms with Crippen LogP contribution in [-0.4, -0.2) is 44.2 Å². The molecule has 0 bridgehead atoms. The van der Waals surface area contributed by atoms with Gasteiger partial charge in [-0.1, -0.05) is 36.8 Å². The van der Waals surface area contributed by atoms with Gasteiger partial charge >= 0.3 is 5.97 Å². The number of nitrogens with one attached hydrogen (secondary N) is 1. The molecule has 0 saturated carbocycles. The molecule has 0 spiro atoms. The molecule has 8 nitrogen and oxygen atoms in total. The first-order valence-electron chi connectivity index (χ1n) is 9.04. The Balaban J connectivity index is 1.51. The quantitative estimate of drug-likeness (QED) is 0.705. The summed E-state index contributed by atoms with van der Waals surface area (Å²) >= 11 is 0. The molecule has 0 unspecified atom stereocenters. The number of amides is 1. The van der Waals surface area contributed by atoms with Crippen LogP contribution in [0.1, 0.15) is 35.4 Å². The number of furan rings is 1. The number of esters is 1. The van der Waals surface area contributed by atoms with Crippen LogP contribution in [0.25, 0.3) is 0 Å². The van der Waals surface area contributed by atoms with Crippen LogP contribution in [0.5, 0.6) is 0 Å². The molecule has 28 heavy (non-hydrogen) atoms. The fraction of sp³-hybridized carbons (Fsp3) is 0.368. The van der Waals surface area contributed by atoms with Crippen molar-refractivity contribution in [1.29, 1.82) is 0 Å². The van der Waals surface area contributed by atoms with Crippen molar-refractivity contribution in [3.8, 4) is 0 Å². The van der Waals surface area contributed by atoms with E-state index >= 15 is 0 Å². The lowest BCUT2D eigenvalue weighted by molar-refractivity contribution is -0.143. The van der Waals surface area contributed by atoms with E-state index in [1.807, 2.05) is 30.3 Å². The lowest BCUT2D eigenvalue weighted by Crippen LogP contribution is -2.35. The molecule has 2 heterocycles. The van der Waals surface area contributed by atoms with Gasteiger partial charge in [0.15, 0.2) is 5.76 Å². The molecule has 1 aliphatic rings. The zero-order chi connectivity index (χ0) is 20.0. The number of sulfonamides is 1. The molecule has 2 aromatic rings. The lowest BCUT2D eigenvalue weighted by Gasteiger charge is -2.24. The van der Waals surface area contributed by atoms with Gasteiger partial charge in [-0.05, 0) is 30.5 Å². The summed E-state index contributed by atoms with van der Waals surface area (Å²) in [5, 5.41) is 2.09. The van der Waals surface area contributed by atoms with Gasteiger partial charge in [-0.25, -0.2) is 8.42 Å². The van der Waals surface area contributed by atoms with E-state index in [1.165, 1.54) is 16.4 Å². The van der Waals surface area contributed by atoms with Crippen molar-refractivity contribution in [1.82, 2.24) is 9.62 Å². The summed E-state index contributed by atoms with van der Waals surface area (Å²) in [6.45, 7) is 0.644. The third-order valence-corrected chi connectivity index (χ3v) is 6.12. The number of nitrogens with zero attached hydrogens (tertiary/aromatic N) is 1. The van der Waals surface area contributed by atoms with Crippen molar-refractivity contribution in [2.24, 2.45) is 0 Å². The third-order valence-electron chi connectivity index (χ3n) is 4.35. The minimum atomic E-state index is -3.75. The molecule has 0 radical (unpaired) electrons. The predicted molar refractivity (Wildman–Crippen MR) is 99.9 cm³/mol. The van der Waals surface area contributed by atoms with Gasteiger partial charge in [0.2, 0.25) is 5.09 Å². The third kappa shape index (κ3) is 4.99. The number of hydrogen-bond donors (Lipinski definition) is 1. The summed E-state index contributed by atoms with van der Waals surface area (Å²) in [5.74, 6) is -1.46. The normalized spacial score (nSPS) is 15.1. The Kier molecular flexibility index (Phi) is 6.48. The highest BCUT2D eigenvalue weighted by Crippen LogP contribution is 2.22. The molecule has 1 aliphatic heterocycles. The highest BCUT2D eigenvalue weighted by Gasteiger charge is 2.29. The van der Waals surface area contributed by atoms with Gasteiger partial charge in [0.1, 0.15) is 13.2 Å². The number of rotatable bonds is 7. The first-order chi connectivity index (χ1) is 13.5. The molecule has 9 heteroatoms. The van der Waals surface area contributed by atoms with Gasteiger partial charge in [0, 0.05) is 13.1 Å². The Bertz CT molecular complexity index is 917. The van der Waals surface area contributed by atoms with Gasteiger partial charge in [-0.3, -0.25) is 9.59 Å². The van der Waals surface area contributed by atoms with E-state index in [9.17, 15) is 18.0 Å². The van der Waals surface area contributed by atoms with E-state index in [2.05, 4.69) is 5.32 Å². The number of carbonyl (C=O) groups is 2. The van der Waals surface area contributed by atoms with Crippen LogP contribution >= 0.6 is 0 Å². The summed E-state index contributed by atoms with van der Waals surface area (Å²) in [7, 11) is -3.75. The predicted octanol–water partition coefficient (Wildman–Crippen LogP) is 1.93. The van der Waals surface area contributed by atoms with Crippen LogP contribution in [0.4, 0.5) is 0 Å². The molecule has 150 valence electrons. The number of hydrogen-bond acceptors (Lipinski definition) is 6. The average molecular weight is 406 g/mol. The van der Waals surface area contributed by atoms with Crippen molar-refractivity contribution in [2.75, 3.05) is 19.6 Å². The summed E-state index contributed by atoms with van der Waals surface area (Å²) < 4.78 is 36.7. The number of carbonyl (C=O) groups excluding carboxylic acids is 2. The summed E-state index contributed by atoms with van der Waals surface area (Å²) in [6.07, 6.45) is 2.61. The highest BCUT2D eigenvalue weighted by molar-refractivity contribution is 7.89. The second kappa shape index (κ2) is 9.03. The van der Waals surface area contributed by atoms with Gasteiger partial charge in [0.05, 0.1) is 0 Å². The molecule has 1 aromatic carbocycles. The molecular weight excluding hydrogens is 384 g/mol. The van der Waals surface area contributed by atoms with Crippen LogP contribution in [0.3, 0.4) is 0 Å². The molecule has 1 N–H and O–H groups in total. The molecular formula is C19H22N2O6S. The van der Waals surface area contributed by atoms with Gasteiger partial charge < -0.3 is 14.5 Å². The van der Waals surface area contributed by atoms with Crippen molar-refractivity contribution in [3.05, 3.63) is 53.8 Å². The molecule has 3 rings (SSSR count). The number of ether oxygens (including phenoxy) is 1. The van der Waals surface area contributed by atoms with Gasteiger partial charge in [-0.2, -0.15) is 4.31 Å². The Hall–Kier alpha value is -2.65. The average Bonchev–Trinajstić information content (AvgIpc) is 3.23. The monoisotopic (exact) mass is 406 g/mol. The van der Waals surface area contributed by atoms with Crippen molar-refractivity contribution in [2.45, 2.75) is 31.0 Å². The van der Waals surface area contributed by atoms with E-state index < -0.39 is 21.9 Å². The maximum Gasteiger partial charge on any atom is 0.325 e. The number of benzene rings is 1. The van der Waals surface area contributed by atoms with E-state index in [0.717, 1.165) is 24.8 Å². The van der Waals surface area contributed by atoms with Crippen molar-refractivity contribution >= 4 is 21.9 Å². The van der Waals surface area contributed by atoms with Gasteiger partial charge in [0.25, 0.3) is 15.9 Å². The van der Waals surface area contributed by atoms with E-state index in [0.29, 0.717) is 13.1 Å². The maximum atomic E-state index is 12.5. The molecule has 1 fully saturated rings. The summed E-state index contributed by atoms with van der Waals surface area (Å²) in [6, 6.07) is 11.7. The Morgan fingerprint density at radius 3 is 2.46 bits per heavy atom. The van der Waals surface area contributed by atoms with E-state index in [1.54, 1.807) is 0 Å². The van der Waals surface area contributed by atoms with E-state index in [-0.39, 0.29) is 24.0 Å². The van der Waals surface area contributed by atoms with Crippen LogP contribution < -0.4 is 5.32 Å². The maximum absolute atomic E-state index is 12.5. The smallest absolute Gasteiger partial charge is 0.325 e. The second-order valence-electron chi connectivity index (χ2n) is 6.41. The molecule has 0 atom stereocenters. The first kappa shape index (κ1) is 20.1. The topological polar surface area (TPSA) is 106 Å². The lowest BCUT2D eigenvalue weighted by atomic mass is 10.2. The SMILES string of the molecule is O=C(CNC(=O)c1ccc(S(=O)(=O)N2CCCCC2)o1)OCc1ccccc1. The molecule has 1 saturated heterocycles. The van der Waals surface area contributed by atoms with Crippen LogP contribution in [0, 0.1) is 0 Å². The van der Waals surface area contributed by atoms with Crippen LogP contribution in [-0.2, 0) is 26.2 Å². The number of piperidine rings is 1. The van der Waals surface area contributed by atoms with Crippen LogP contribution in [0.2, 0.25) is 0 Å². The largest absolute Gasteiger partial charge is 0.460 e. The van der Waals surface area contributed by atoms with Crippen molar-refractivity contribution in [3.63, 3.8) is 0 Å². The molecule has 1 aromatic heterocycles. The second-order valence-corrected chi connectivity index (χ2v) is 8.28. The first-order valence-corrected chi connectivity index (χ1v) is 10.5. The minimum absolute atomic E-state index is 0.106. The Morgan fingerprint density at radius 1 is 1.04 bits per heavy atom. The fourth-order valence-electron chi connectivity index (χ4n) is 2.84. The summed E-state index contributed by atoms with van der Waals surface area (Å²) in [4.78, 5) is 23.9. The Morgan fingerprint density at radius 2 is 1.75 bits per heavy atom. The highest BCUT2D eigenvalue weighted by atomic mass is 32.2. The molecule has 0 aliphatic carbocycles. The van der Waals surface area contributed by atoms with Gasteiger partial charge in [-0.15, -0.1) is 0 Å². The Labute approximate surface area is 163 Å². The van der Waals surface area contributed by atoms with Crippen molar-refractivity contribution < 1.29 is 27.2 Å². The summed E-state index contributed by atoms with van der Waals surface area (Å²) in [5.41, 5.74) is 0.834. The fourth-order valence-corrected chi connectivity index (χ4v) is 4.27. The standard InChI is InChI=1S/C19H22N2O6S/c22-17(26-14-15-7-3-1-4-8-15)13-20-19(23)16-9-10-18(27-16)28(24,25)21-11-5-2-6-12-21/h1,3-4,7-10H,2,5-6,11-14H2,(H,20,23).